The van der Waals surface area contributed by atoms with Crippen LogP contribution < -0.4 is 10.1 Å². The SMILES string of the molecule is O=[N+]([O-])c1ccc2c(c1)[C@@H]1[C@H]3CC[C@@H](C3)[C@@H]1[C@H](c1ccc(OCc3ccc(Cl)cc3)cc1)N2. The first-order chi connectivity index (χ1) is 16.1. The molecule has 5 atom stereocenters. The number of anilines is 1. The van der Waals surface area contributed by atoms with Crippen molar-refractivity contribution in [2.45, 2.75) is 37.8 Å². The van der Waals surface area contributed by atoms with E-state index in [0.29, 0.717) is 30.3 Å². The maximum absolute atomic E-state index is 11.4. The van der Waals surface area contributed by atoms with Crippen molar-refractivity contribution in [2.24, 2.45) is 17.8 Å². The van der Waals surface area contributed by atoms with Crippen LogP contribution in [0, 0.1) is 27.9 Å². The lowest BCUT2D eigenvalue weighted by Gasteiger charge is -2.43. The van der Waals surface area contributed by atoms with E-state index in [1.54, 1.807) is 6.07 Å². The molecule has 168 valence electrons. The van der Waals surface area contributed by atoms with Crippen molar-refractivity contribution in [3.05, 3.63) is 98.6 Å². The molecule has 33 heavy (non-hydrogen) atoms. The van der Waals surface area contributed by atoms with E-state index in [1.165, 1.54) is 24.8 Å². The van der Waals surface area contributed by atoms with Gasteiger partial charge in [-0.2, -0.15) is 0 Å². The maximum atomic E-state index is 11.4. The molecule has 2 fully saturated rings. The largest absolute Gasteiger partial charge is 0.489 e. The summed E-state index contributed by atoms with van der Waals surface area (Å²) in [5, 5.41) is 15.8. The van der Waals surface area contributed by atoms with Crippen LogP contribution in [-0.4, -0.2) is 4.92 Å². The molecule has 3 aliphatic rings. The maximum Gasteiger partial charge on any atom is 0.269 e. The number of nitro benzene ring substituents is 1. The highest BCUT2D eigenvalue weighted by atomic mass is 35.5. The molecule has 3 aromatic carbocycles. The number of hydrogen-bond acceptors (Lipinski definition) is 4. The second-order valence-electron chi connectivity index (χ2n) is 9.57. The van der Waals surface area contributed by atoms with E-state index in [0.717, 1.165) is 27.6 Å². The lowest BCUT2D eigenvalue weighted by Crippen LogP contribution is -2.35. The fourth-order valence-corrected chi connectivity index (χ4v) is 6.56. The summed E-state index contributed by atoms with van der Waals surface area (Å²) < 4.78 is 5.97. The highest BCUT2D eigenvalue weighted by Crippen LogP contribution is 2.63. The number of nitrogens with zero attached hydrogens (tertiary/aromatic N) is 1. The smallest absolute Gasteiger partial charge is 0.269 e. The quantitative estimate of drug-likeness (QED) is 0.325. The molecule has 0 saturated heterocycles. The third-order valence-corrected chi connectivity index (χ3v) is 8.09. The van der Waals surface area contributed by atoms with Crippen LogP contribution in [0.15, 0.2) is 66.7 Å². The molecule has 1 N–H and O–H groups in total. The number of rotatable bonds is 5. The van der Waals surface area contributed by atoms with Crippen molar-refractivity contribution in [1.29, 1.82) is 0 Å². The minimum Gasteiger partial charge on any atom is -0.489 e. The van der Waals surface area contributed by atoms with Crippen molar-refractivity contribution in [3.8, 4) is 5.75 Å². The molecule has 6 heteroatoms. The Morgan fingerprint density at radius 1 is 1.00 bits per heavy atom. The lowest BCUT2D eigenvalue weighted by molar-refractivity contribution is -0.384. The van der Waals surface area contributed by atoms with Crippen LogP contribution in [0.5, 0.6) is 5.75 Å². The Morgan fingerprint density at radius 2 is 1.76 bits per heavy atom. The number of nitrogens with one attached hydrogen (secondary N) is 1. The minimum atomic E-state index is -0.280. The topological polar surface area (TPSA) is 64.4 Å². The first-order valence-electron chi connectivity index (χ1n) is 11.6. The number of benzene rings is 3. The molecule has 1 aliphatic heterocycles. The molecule has 0 amide bonds. The molecule has 0 radical (unpaired) electrons. The van der Waals surface area contributed by atoms with E-state index in [1.807, 2.05) is 48.5 Å². The van der Waals surface area contributed by atoms with E-state index in [2.05, 4.69) is 17.4 Å². The lowest BCUT2D eigenvalue weighted by atomic mass is 9.68. The molecular formula is C27H25ClN2O3. The fourth-order valence-electron chi connectivity index (χ4n) is 6.44. The summed E-state index contributed by atoms with van der Waals surface area (Å²) in [4.78, 5) is 11.1. The van der Waals surface area contributed by atoms with Crippen LogP contribution >= 0.6 is 11.6 Å². The van der Waals surface area contributed by atoms with E-state index in [-0.39, 0.29) is 16.7 Å². The highest BCUT2D eigenvalue weighted by molar-refractivity contribution is 6.30. The third-order valence-electron chi connectivity index (χ3n) is 7.84. The van der Waals surface area contributed by atoms with Crippen LogP contribution in [0.3, 0.4) is 0 Å². The Hall–Kier alpha value is -3.05. The van der Waals surface area contributed by atoms with Gasteiger partial charge in [-0.05, 0) is 90.0 Å². The molecule has 2 aliphatic carbocycles. The van der Waals surface area contributed by atoms with E-state index < -0.39 is 0 Å². The average Bonchev–Trinajstić information content (AvgIpc) is 3.46. The first-order valence-corrected chi connectivity index (χ1v) is 12.0. The van der Waals surface area contributed by atoms with Crippen molar-refractivity contribution >= 4 is 23.0 Å². The van der Waals surface area contributed by atoms with Gasteiger partial charge < -0.3 is 10.1 Å². The van der Waals surface area contributed by atoms with E-state index >= 15 is 0 Å². The number of non-ortho nitro benzene ring substituents is 1. The molecule has 3 aromatic rings. The standard InChI is InChI=1S/C27H25ClN2O3/c28-20-7-1-16(2-8-20)15-33-22-10-5-17(6-11-22)27-26-19-4-3-18(13-19)25(26)23-14-21(30(31)32)9-12-24(23)29-27/h1-2,5-12,14,18-19,25-27,29H,3-4,13,15H2/t18-,19-,25-,26-,27-/m0/s1. The van der Waals surface area contributed by atoms with Gasteiger partial charge in [0.05, 0.1) is 11.0 Å². The zero-order chi connectivity index (χ0) is 22.5. The van der Waals surface area contributed by atoms with E-state index in [9.17, 15) is 10.1 Å². The van der Waals surface area contributed by atoms with Crippen LogP contribution in [0.2, 0.25) is 5.02 Å². The number of nitro groups is 1. The molecule has 2 bridgehead atoms. The van der Waals surface area contributed by atoms with Gasteiger partial charge in [0.1, 0.15) is 12.4 Å². The molecule has 5 nitrogen and oxygen atoms in total. The highest BCUT2D eigenvalue weighted by Gasteiger charge is 2.54. The molecular weight excluding hydrogens is 436 g/mol. The number of halogens is 1. The predicted octanol–water partition coefficient (Wildman–Crippen LogP) is 7.12. The van der Waals surface area contributed by atoms with Crippen LogP contribution in [-0.2, 0) is 6.61 Å². The van der Waals surface area contributed by atoms with Gasteiger partial charge >= 0.3 is 0 Å². The first kappa shape index (κ1) is 20.5. The predicted molar refractivity (Wildman–Crippen MR) is 129 cm³/mol. The van der Waals surface area contributed by atoms with Gasteiger partial charge in [0.15, 0.2) is 0 Å². The molecule has 2 saturated carbocycles. The van der Waals surface area contributed by atoms with Gasteiger partial charge in [-0.25, -0.2) is 0 Å². The summed E-state index contributed by atoms with van der Waals surface area (Å²) in [6.07, 6.45) is 3.73. The van der Waals surface area contributed by atoms with Crippen molar-refractivity contribution < 1.29 is 9.66 Å². The van der Waals surface area contributed by atoms with Crippen molar-refractivity contribution in [3.63, 3.8) is 0 Å². The monoisotopic (exact) mass is 460 g/mol. The number of fused-ring (bicyclic) bond motifs is 7. The zero-order valence-corrected chi connectivity index (χ0v) is 18.9. The van der Waals surface area contributed by atoms with Gasteiger partial charge in [0.25, 0.3) is 5.69 Å². The Balaban J connectivity index is 1.25. The summed E-state index contributed by atoms with van der Waals surface area (Å²) in [6, 6.07) is 21.6. The third kappa shape index (κ3) is 3.65. The summed E-state index contributed by atoms with van der Waals surface area (Å²) in [5.74, 6) is 3.01. The summed E-state index contributed by atoms with van der Waals surface area (Å²) >= 11 is 5.96. The zero-order valence-electron chi connectivity index (χ0n) is 18.1. The van der Waals surface area contributed by atoms with Gasteiger partial charge in [-0.3, -0.25) is 10.1 Å². The molecule has 0 spiro atoms. The normalized spacial score (nSPS) is 26.9. The Morgan fingerprint density at radius 3 is 2.52 bits per heavy atom. The van der Waals surface area contributed by atoms with Gasteiger partial charge in [0.2, 0.25) is 0 Å². The summed E-state index contributed by atoms with van der Waals surface area (Å²) in [5.41, 5.74) is 4.70. The van der Waals surface area contributed by atoms with Crippen LogP contribution in [0.25, 0.3) is 0 Å². The van der Waals surface area contributed by atoms with Gasteiger partial charge in [0, 0.05) is 22.8 Å². The van der Waals surface area contributed by atoms with Gasteiger partial charge in [-0.1, -0.05) is 35.9 Å². The molecule has 6 rings (SSSR count). The van der Waals surface area contributed by atoms with Crippen molar-refractivity contribution in [1.82, 2.24) is 0 Å². The fraction of sp³-hybridized carbons (Fsp3) is 0.333. The Kier molecular flexibility index (Phi) is 5.02. The number of hydrogen-bond donors (Lipinski definition) is 1. The number of ether oxygens (including phenoxy) is 1. The second-order valence-corrected chi connectivity index (χ2v) is 10.0. The average molecular weight is 461 g/mol. The Labute approximate surface area is 197 Å². The summed E-state index contributed by atoms with van der Waals surface area (Å²) in [6.45, 7) is 0.499. The molecule has 0 aromatic heterocycles. The molecule has 0 unspecified atom stereocenters. The Bertz CT molecular complexity index is 1190. The van der Waals surface area contributed by atoms with Crippen molar-refractivity contribution in [2.75, 3.05) is 5.32 Å². The summed E-state index contributed by atoms with van der Waals surface area (Å²) in [7, 11) is 0. The van der Waals surface area contributed by atoms with Crippen LogP contribution in [0.4, 0.5) is 11.4 Å². The molecule has 1 heterocycles. The van der Waals surface area contributed by atoms with Gasteiger partial charge in [-0.15, -0.1) is 0 Å². The van der Waals surface area contributed by atoms with Crippen LogP contribution in [0.1, 0.15) is 47.9 Å². The second kappa shape index (κ2) is 8.07. The minimum absolute atomic E-state index is 0.192. The van der Waals surface area contributed by atoms with E-state index in [4.69, 9.17) is 16.3 Å².